The Hall–Kier alpha value is -8.06. The summed E-state index contributed by atoms with van der Waals surface area (Å²) in [5.41, 5.74) is 19.8. The minimum Gasteiger partial charge on any atom is -0.456 e. The predicted molar refractivity (Wildman–Crippen MR) is 264 cm³/mol. The molecule has 63 heavy (non-hydrogen) atoms. The lowest BCUT2D eigenvalue weighted by Crippen LogP contribution is -2.18. The summed E-state index contributed by atoms with van der Waals surface area (Å²) < 4.78 is 15.4. The monoisotopic (exact) mass is 827 g/mol. The second-order valence-electron chi connectivity index (χ2n) is 15.8. The SMILES string of the molecule is N/C(=N\C(=N/Cc1ccc(-c2ccc(-c3ccccc3)cc2)cc1)c1cccc2c1sc1ccccc12)c1c(-c2cccc3c2oc2ccccc23)ccc2oc3ccccc3c12. The van der Waals surface area contributed by atoms with Gasteiger partial charge in [-0.25, -0.2) is 4.99 Å². The summed E-state index contributed by atoms with van der Waals surface area (Å²) in [5, 5.41) is 6.32. The van der Waals surface area contributed by atoms with Gasteiger partial charge < -0.3 is 14.6 Å². The summed E-state index contributed by atoms with van der Waals surface area (Å²) >= 11 is 1.75. The highest BCUT2D eigenvalue weighted by molar-refractivity contribution is 7.26. The lowest BCUT2D eigenvalue weighted by molar-refractivity contribution is 0.668. The molecule has 0 fully saturated rings. The Morgan fingerprint density at radius 1 is 0.460 bits per heavy atom. The van der Waals surface area contributed by atoms with Crippen LogP contribution in [0.25, 0.3) is 97.4 Å². The number of furan rings is 2. The third kappa shape index (κ3) is 6.39. The Morgan fingerprint density at radius 3 is 1.84 bits per heavy atom. The van der Waals surface area contributed by atoms with Gasteiger partial charge in [-0.3, -0.25) is 4.99 Å². The quantitative estimate of drug-likeness (QED) is 0.128. The van der Waals surface area contributed by atoms with Crippen molar-refractivity contribution in [2.24, 2.45) is 15.7 Å². The van der Waals surface area contributed by atoms with Crippen molar-refractivity contribution in [3.8, 4) is 33.4 Å². The number of thiophene rings is 1. The van der Waals surface area contributed by atoms with Gasteiger partial charge >= 0.3 is 0 Å². The highest BCUT2D eigenvalue weighted by Gasteiger charge is 2.23. The van der Waals surface area contributed by atoms with Crippen LogP contribution in [-0.2, 0) is 6.54 Å². The van der Waals surface area contributed by atoms with Gasteiger partial charge in [0.15, 0.2) is 5.84 Å². The fraction of sp³-hybridized carbons (Fsp3) is 0.0175. The van der Waals surface area contributed by atoms with Crippen molar-refractivity contribution in [3.05, 3.63) is 217 Å². The van der Waals surface area contributed by atoms with Crippen molar-refractivity contribution in [2.75, 3.05) is 0 Å². The molecule has 0 atom stereocenters. The van der Waals surface area contributed by atoms with Crippen LogP contribution in [0, 0.1) is 0 Å². The van der Waals surface area contributed by atoms with Crippen LogP contribution in [0.3, 0.4) is 0 Å². The summed E-state index contributed by atoms with van der Waals surface area (Å²) in [6, 6.07) is 69.4. The van der Waals surface area contributed by atoms with E-state index >= 15 is 0 Å². The lowest BCUT2D eigenvalue weighted by Gasteiger charge is -2.13. The molecule has 0 unspecified atom stereocenters. The first-order valence-corrected chi connectivity index (χ1v) is 21.9. The van der Waals surface area contributed by atoms with Gasteiger partial charge in [-0.1, -0.05) is 164 Å². The van der Waals surface area contributed by atoms with Crippen molar-refractivity contribution in [1.29, 1.82) is 0 Å². The van der Waals surface area contributed by atoms with Crippen LogP contribution in [0.1, 0.15) is 16.7 Å². The van der Waals surface area contributed by atoms with Gasteiger partial charge in [-0.05, 0) is 69.8 Å². The van der Waals surface area contributed by atoms with Gasteiger partial charge in [-0.2, -0.15) is 0 Å². The van der Waals surface area contributed by atoms with Crippen molar-refractivity contribution < 1.29 is 8.83 Å². The molecule has 5 nitrogen and oxygen atoms in total. The second-order valence-corrected chi connectivity index (χ2v) is 16.8. The number of rotatable bonds is 7. The van der Waals surface area contributed by atoms with Gasteiger partial charge in [0, 0.05) is 58.4 Å². The largest absolute Gasteiger partial charge is 0.456 e. The molecule has 298 valence electrons. The molecular weight excluding hydrogens is 791 g/mol. The van der Waals surface area contributed by atoms with E-state index in [-0.39, 0.29) is 0 Å². The molecule has 2 N–H and O–H groups in total. The van der Waals surface area contributed by atoms with Crippen LogP contribution < -0.4 is 5.73 Å². The molecule has 0 radical (unpaired) electrons. The Bertz CT molecular complexity index is 3760. The first-order valence-electron chi connectivity index (χ1n) is 21.0. The zero-order chi connectivity index (χ0) is 41.9. The van der Waals surface area contributed by atoms with E-state index in [0.29, 0.717) is 18.2 Å². The third-order valence-electron chi connectivity index (χ3n) is 12.1. The summed E-state index contributed by atoms with van der Waals surface area (Å²) in [6.07, 6.45) is 0. The molecule has 12 aromatic rings. The maximum atomic E-state index is 7.43. The zero-order valence-corrected chi connectivity index (χ0v) is 34.8. The van der Waals surface area contributed by atoms with Crippen LogP contribution in [0.15, 0.2) is 219 Å². The molecule has 0 aliphatic rings. The maximum Gasteiger partial charge on any atom is 0.158 e. The van der Waals surface area contributed by atoms with Gasteiger partial charge in [0.2, 0.25) is 0 Å². The van der Waals surface area contributed by atoms with Crippen molar-refractivity contribution >= 4 is 87.1 Å². The molecule has 0 saturated carbocycles. The van der Waals surface area contributed by atoms with E-state index in [1.54, 1.807) is 11.3 Å². The third-order valence-corrected chi connectivity index (χ3v) is 13.3. The fourth-order valence-electron chi connectivity index (χ4n) is 8.99. The number of fused-ring (bicyclic) bond motifs is 9. The normalized spacial score (nSPS) is 12.4. The summed E-state index contributed by atoms with van der Waals surface area (Å²) in [7, 11) is 0. The molecule has 6 heteroatoms. The number of nitrogens with zero attached hydrogens (tertiary/aromatic N) is 2. The number of benzene rings is 9. The van der Waals surface area contributed by atoms with Crippen LogP contribution in [0.4, 0.5) is 0 Å². The fourth-order valence-corrected chi connectivity index (χ4v) is 10.2. The van der Waals surface area contributed by atoms with Gasteiger partial charge in [0.1, 0.15) is 28.2 Å². The molecule has 0 aliphatic heterocycles. The number of amidine groups is 2. The van der Waals surface area contributed by atoms with Crippen molar-refractivity contribution in [3.63, 3.8) is 0 Å². The van der Waals surface area contributed by atoms with Crippen LogP contribution in [0.2, 0.25) is 0 Å². The zero-order valence-electron chi connectivity index (χ0n) is 34.0. The highest BCUT2D eigenvalue weighted by atomic mass is 32.1. The predicted octanol–water partition coefficient (Wildman–Crippen LogP) is 15.2. The van der Waals surface area contributed by atoms with E-state index in [1.165, 1.54) is 21.2 Å². The van der Waals surface area contributed by atoms with Gasteiger partial charge in [-0.15, -0.1) is 11.3 Å². The molecule has 12 rings (SSSR count). The van der Waals surface area contributed by atoms with E-state index < -0.39 is 0 Å². The smallest absolute Gasteiger partial charge is 0.158 e. The molecule has 0 bridgehead atoms. The summed E-state index contributed by atoms with van der Waals surface area (Å²) in [4.78, 5) is 10.7. The van der Waals surface area contributed by atoms with Gasteiger partial charge in [0.25, 0.3) is 0 Å². The molecule has 9 aromatic carbocycles. The minimum absolute atomic E-state index is 0.335. The number of nitrogens with two attached hydrogens (primary N) is 1. The number of hydrogen-bond acceptors (Lipinski definition) is 4. The topological polar surface area (TPSA) is 77.0 Å². The first-order chi connectivity index (χ1) is 31.1. The number of aliphatic imine (C=N–C) groups is 2. The summed E-state index contributed by atoms with van der Waals surface area (Å²) in [5.74, 6) is 0.893. The standard InChI is InChI=1S/C57H37N3O2S/c58-56(53-42(32-33-50-52(53)46-16-5-8-22-49(46)61-50)44-18-10-17-43-40-14-4-7-21-48(40)62-54(43)44)60-57(47-20-11-19-45-41-15-6-9-23-51(41)63-55(45)47)59-34-35-24-26-37(27-25-35)39-30-28-38(29-31-39)36-12-2-1-3-13-36/h1-33H,34H2,(H2,58,59,60). The van der Waals surface area contributed by atoms with E-state index in [0.717, 1.165) is 92.9 Å². The Labute approximate surface area is 366 Å². The average molecular weight is 828 g/mol. The molecule has 0 amide bonds. The Balaban J connectivity index is 1.01. The molecule has 0 saturated heterocycles. The molecule has 3 aromatic heterocycles. The number of para-hydroxylation sites is 3. The highest BCUT2D eigenvalue weighted by Crippen LogP contribution is 2.42. The van der Waals surface area contributed by atoms with Crippen LogP contribution >= 0.6 is 11.3 Å². The maximum absolute atomic E-state index is 7.43. The molecular formula is C57H37N3O2S. The second kappa shape index (κ2) is 15.1. The molecule has 3 heterocycles. The average Bonchev–Trinajstić information content (AvgIpc) is 4.05. The Kier molecular flexibility index (Phi) is 8.83. The van der Waals surface area contributed by atoms with Crippen LogP contribution in [-0.4, -0.2) is 11.7 Å². The number of hydrogen-bond donors (Lipinski definition) is 1. The molecule has 0 aliphatic carbocycles. The minimum atomic E-state index is 0.335. The van der Waals surface area contributed by atoms with Gasteiger partial charge in [0.05, 0.1) is 6.54 Å². The van der Waals surface area contributed by atoms with E-state index in [4.69, 9.17) is 24.6 Å². The molecule has 0 spiro atoms. The van der Waals surface area contributed by atoms with E-state index in [9.17, 15) is 0 Å². The lowest BCUT2D eigenvalue weighted by atomic mass is 9.93. The summed E-state index contributed by atoms with van der Waals surface area (Å²) in [6.45, 7) is 0.407. The van der Waals surface area contributed by atoms with Crippen LogP contribution in [0.5, 0.6) is 0 Å². The Morgan fingerprint density at radius 2 is 1.06 bits per heavy atom. The van der Waals surface area contributed by atoms with Crippen molar-refractivity contribution in [1.82, 2.24) is 0 Å². The van der Waals surface area contributed by atoms with Crippen molar-refractivity contribution in [2.45, 2.75) is 6.54 Å². The first kappa shape index (κ1) is 36.8. The van der Waals surface area contributed by atoms with E-state index in [2.05, 4.69) is 152 Å². The van der Waals surface area contributed by atoms with E-state index in [1.807, 2.05) is 48.5 Å².